The van der Waals surface area contributed by atoms with Gasteiger partial charge in [0.1, 0.15) is 17.6 Å². The van der Waals surface area contributed by atoms with Gasteiger partial charge in [0.15, 0.2) is 0 Å². The molecule has 0 aromatic heterocycles. The van der Waals surface area contributed by atoms with Crippen LogP contribution in [-0.2, 0) is 19.1 Å². The van der Waals surface area contributed by atoms with Gasteiger partial charge in [-0.1, -0.05) is 57.2 Å². The van der Waals surface area contributed by atoms with Crippen molar-refractivity contribution < 1.29 is 33.3 Å². The third-order valence-corrected chi connectivity index (χ3v) is 6.52. The van der Waals surface area contributed by atoms with Crippen LogP contribution in [0.5, 0.6) is 11.5 Å². The lowest BCUT2D eigenvalue weighted by Gasteiger charge is -2.08. The van der Waals surface area contributed by atoms with Crippen LogP contribution < -0.4 is 9.47 Å². The summed E-state index contributed by atoms with van der Waals surface area (Å²) in [6.45, 7) is 4.37. The van der Waals surface area contributed by atoms with Crippen LogP contribution in [0.2, 0.25) is 0 Å². The molecule has 1 heterocycles. The highest BCUT2D eigenvalue weighted by Crippen LogP contribution is 2.23. The highest BCUT2D eigenvalue weighted by molar-refractivity contribution is 5.91. The summed E-state index contributed by atoms with van der Waals surface area (Å²) in [7, 11) is 1.32. The molecule has 0 bridgehead atoms. The Kier molecular flexibility index (Phi) is 12.3. The molecule has 1 aliphatic heterocycles. The van der Waals surface area contributed by atoms with Crippen LogP contribution >= 0.6 is 0 Å². The summed E-state index contributed by atoms with van der Waals surface area (Å²) in [6.07, 6.45) is 13.9. The second-order valence-corrected chi connectivity index (χ2v) is 9.64. The SMILES string of the molecule is C=C1CC(CCCCCCCCCCOc2ccc(C(=O)Oc3ccc(/C=C/C(=O)OC)cc3)cc2)OC1=O. The lowest BCUT2D eigenvalue weighted by Crippen LogP contribution is -2.08. The molecule has 1 fully saturated rings. The van der Waals surface area contributed by atoms with Gasteiger partial charge in [0.25, 0.3) is 0 Å². The average Bonchev–Trinajstić information content (AvgIpc) is 3.27. The maximum Gasteiger partial charge on any atom is 0.343 e. The first-order valence-corrected chi connectivity index (χ1v) is 13.6. The molecule has 7 heteroatoms. The summed E-state index contributed by atoms with van der Waals surface area (Å²) in [5.41, 5.74) is 1.83. The van der Waals surface area contributed by atoms with Gasteiger partial charge in [-0.05, 0) is 67.3 Å². The second-order valence-electron chi connectivity index (χ2n) is 9.64. The lowest BCUT2D eigenvalue weighted by atomic mass is 10.0. The van der Waals surface area contributed by atoms with Crippen molar-refractivity contribution in [3.8, 4) is 11.5 Å². The molecule has 2 aromatic rings. The molecule has 0 amide bonds. The van der Waals surface area contributed by atoms with Gasteiger partial charge in [0.2, 0.25) is 0 Å². The van der Waals surface area contributed by atoms with Crippen LogP contribution in [0, 0.1) is 0 Å². The minimum Gasteiger partial charge on any atom is -0.494 e. The quantitative estimate of drug-likeness (QED) is 0.101. The lowest BCUT2D eigenvalue weighted by molar-refractivity contribution is -0.139. The van der Waals surface area contributed by atoms with Gasteiger partial charge in [0.05, 0.1) is 19.3 Å². The Hall–Kier alpha value is -3.87. The van der Waals surface area contributed by atoms with Crippen LogP contribution in [0.4, 0.5) is 0 Å². The first kappa shape index (κ1) is 29.7. The Morgan fingerprint density at radius 2 is 1.51 bits per heavy atom. The standard InChI is InChI=1S/C32H38O7/c1-24-23-29(39-31(24)34)11-9-7-5-3-4-6-8-10-22-37-27-19-15-26(16-20-27)32(35)38-28-17-12-25(13-18-28)14-21-30(33)36-2/h12-21,29H,1,3-11,22-23H2,2H3/b21-14+. The van der Waals surface area contributed by atoms with Gasteiger partial charge in [-0.15, -0.1) is 0 Å². The molecule has 1 unspecified atom stereocenters. The topological polar surface area (TPSA) is 88.1 Å². The molecule has 1 aliphatic rings. The second kappa shape index (κ2) is 16.2. The summed E-state index contributed by atoms with van der Waals surface area (Å²) in [6, 6.07) is 13.8. The Morgan fingerprint density at radius 1 is 0.897 bits per heavy atom. The number of rotatable bonds is 16. The van der Waals surface area contributed by atoms with Crippen molar-refractivity contribution in [1.82, 2.24) is 0 Å². The molecular formula is C32H38O7. The van der Waals surface area contributed by atoms with Gasteiger partial charge >= 0.3 is 17.9 Å². The van der Waals surface area contributed by atoms with Crippen LogP contribution in [0.25, 0.3) is 6.08 Å². The van der Waals surface area contributed by atoms with Crippen molar-refractivity contribution in [2.75, 3.05) is 13.7 Å². The molecule has 2 aromatic carbocycles. The zero-order valence-corrected chi connectivity index (χ0v) is 22.7. The number of cyclic esters (lactones) is 1. The van der Waals surface area contributed by atoms with E-state index in [0.29, 0.717) is 29.9 Å². The fraction of sp³-hybridized carbons (Fsp3) is 0.406. The van der Waals surface area contributed by atoms with E-state index in [9.17, 15) is 14.4 Å². The molecule has 0 N–H and O–H groups in total. The summed E-state index contributed by atoms with van der Waals surface area (Å²) in [5, 5.41) is 0. The molecule has 1 saturated heterocycles. The Labute approximate surface area is 230 Å². The minimum absolute atomic E-state index is 0.0448. The molecule has 39 heavy (non-hydrogen) atoms. The van der Waals surface area contributed by atoms with E-state index in [0.717, 1.165) is 37.0 Å². The van der Waals surface area contributed by atoms with Crippen LogP contribution in [0.1, 0.15) is 80.1 Å². The maximum atomic E-state index is 12.4. The van der Waals surface area contributed by atoms with Crippen molar-refractivity contribution in [2.24, 2.45) is 0 Å². The fourth-order valence-corrected chi connectivity index (χ4v) is 4.25. The highest BCUT2D eigenvalue weighted by atomic mass is 16.6. The monoisotopic (exact) mass is 534 g/mol. The number of ether oxygens (including phenoxy) is 4. The number of methoxy groups -OCH3 is 1. The molecule has 208 valence electrons. The molecular weight excluding hydrogens is 496 g/mol. The van der Waals surface area contributed by atoms with E-state index in [1.54, 1.807) is 54.6 Å². The van der Waals surface area contributed by atoms with E-state index in [4.69, 9.17) is 14.2 Å². The normalized spacial score (nSPS) is 14.8. The predicted molar refractivity (Wildman–Crippen MR) is 150 cm³/mol. The smallest absolute Gasteiger partial charge is 0.343 e. The summed E-state index contributed by atoms with van der Waals surface area (Å²) >= 11 is 0. The maximum absolute atomic E-state index is 12.4. The first-order chi connectivity index (χ1) is 18.9. The molecule has 3 rings (SSSR count). The third kappa shape index (κ3) is 10.8. The van der Waals surface area contributed by atoms with Gasteiger partial charge < -0.3 is 18.9 Å². The van der Waals surface area contributed by atoms with E-state index in [1.807, 2.05) is 0 Å². The predicted octanol–water partition coefficient (Wildman–Crippen LogP) is 6.85. The molecule has 0 aliphatic carbocycles. The number of benzene rings is 2. The Balaban J connectivity index is 1.22. The number of carbonyl (C=O) groups is 3. The summed E-state index contributed by atoms with van der Waals surface area (Å²) in [5.74, 6) is 0.0276. The number of unbranched alkanes of at least 4 members (excludes halogenated alkanes) is 7. The van der Waals surface area contributed by atoms with Gasteiger partial charge in [-0.3, -0.25) is 0 Å². The van der Waals surface area contributed by atoms with Crippen LogP contribution in [0.15, 0.2) is 66.8 Å². The summed E-state index contributed by atoms with van der Waals surface area (Å²) in [4.78, 5) is 34.9. The van der Waals surface area contributed by atoms with E-state index in [-0.39, 0.29) is 12.1 Å². The van der Waals surface area contributed by atoms with Crippen molar-refractivity contribution in [2.45, 2.75) is 70.3 Å². The number of carbonyl (C=O) groups excluding carboxylic acids is 3. The molecule has 0 radical (unpaired) electrons. The van der Waals surface area contributed by atoms with Gasteiger partial charge in [0, 0.05) is 18.1 Å². The van der Waals surface area contributed by atoms with Crippen molar-refractivity contribution in [3.63, 3.8) is 0 Å². The van der Waals surface area contributed by atoms with Crippen molar-refractivity contribution in [3.05, 3.63) is 77.9 Å². The first-order valence-electron chi connectivity index (χ1n) is 13.6. The van der Waals surface area contributed by atoms with Gasteiger partial charge in [-0.2, -0.15) is 0 Å². The Morgan fingerprint density at radius 3 is 2.13 bits per heavy atom. The van der Waals surface area contributed by atoms with E-state index in [1.165, 1.54) is 45.3 Å². The zero-order valence-electron chi connectivity index (χ0n) is 22.7. The third-order valence-electron chi connectivity index (χ3n) is 6.52. The average molecular weight is 535 g/mol. The molecule has 0 spiro atoms. The minimum atomic E-state index is -0.452. The Bertz CT molecular complexity index is 1100. The molecule has 1 atom stereocenters. The number of hydrogen-bond donors (Lipinski definition) is 0. The number of hydrogen-bond acceptors (Lipinski definition) is 7. The zero-order chi connectivity index (χ0) is 27.9. The fourth-order valence-electron chi connectivity index (χ4n) is 4.25. The van der Waals surface area contributed by atoms with Crippen LogP contribution in [0.3, 0.4) is 0 Å². The van der Waals surface area contributed by atoms with Gasteiger partial charge in [-0.25, -0.2) is 14.4 Å². The highest BCUT2D eigenvalue weighted by Gasteiger charge is 2.26. The molecule has 7 nitrogen and oxygen atoms in total. The van der Waals surface area contributed by atoms with Crippen molar-refractivity contribution >= 4 is 24.0 Å². The van der Waals surface area contributed by atoms with Crippen molar-refractivity contribution in [1.29, 1.82) is 0 Å². The van der Waals surface area contributed by atoms with E-state index >= 15 is 0 Å². The summed E-state index contributed by atoms with van der Waals surface area (Å²) < 4.78 is 21.1. The van der Waals surface area contributed by atoms with E-state index < -0.39 is 11.9 Å². The van der Waals surface area contributed by atoms with E-state index in [2.05, 4.69) is 11.3 Å². The van der Waals surface area contributed by atoms with Crippen LogP contribution in [-0.4, -0.2) is 37.7 Å². The number of esters is 3. The largest absolute Gasteiger partial charge is 0.494 e. The molecule has 0 saturated carbocycles.